The van der Waals surface area contributed by atoms with Crippen LogP contribution in [0.4, 0.5) is 0 Å². The van der Waals surface area contributed by atoms with Crippen LogP contribution in [0, 0.1) is 0 Å². The SMILES string of the molecule is CC(CC(=O)O)N1CCc2oc(-c3ccc(OCc4ccccc4)cc3)cc2C1. The first-order chi connectivity index (χ1) is 14.1. The molecule has 0 bridgehead atoms. The lowest BCUT2D eigenvalue weighted by molar-refractivity contribution is -0.138. The minimum absolute atomic E-state index is 0.0139. The van der Waals surface area contributed by atoms with Gasteiger partial charge in [0, 0.05) is 36.7 Å². The molecule has 1 unspecified atom stereocenters. The Bertz CT molecular complexity index is 962. The van der Waals surface area contributed by atoms with Crippen LogP contribution < -0.4 is 4.74 Å². The number of carbonyl (C=O) groups is 1. The van der Waals surface area contributed by atoms with Crippen molar-refractivity contribution in [3.63, 3.8) is 0 Å². The van der Waals surface area contributed by atoms with E-state index in [-0.39, 0.29) is 12.5 Å². The quantitative estimate of drug-likeness (QED) is 0.630. The third-order valence-corrected chi connectivity index (χ3v) is 5.38. The summed E-state index contributed by atoms with van der Waals surface area (Å²) in [4.78, 5) is 13.2. The van der Waals surface area contributed by atoms with Gasteiger partial charge in [-0.3, -0.25) is 9.69 Å². The van der Waals surface area contributed by atoms with E-state index in [1.807, 2.05) is 61.5 Å². The summed E-state index contributed by atoms with van der Waals surface area (Å²) in [6.45, 7) is 4.06. The molecule has 3 aromatic rings. The lowest BCUT2D eigenvalue weighted by atomic mass is 10.0. The Morgan fingerprint density at radius 3 is 2.66 bits per heavy atom. The number of nitrogens with zero attached hydrogens (tertiary/aromatic N) is 1. The van der Waals surface area contributed by atoms with Gasteiger partial charge in [0.05, 0.1) is 6.42 Å². The zero-order valence-electron chi connectivity index (χ0n) is 16.5. The molecule has 1 aromatic heterocycles. The predicted molar refractivity (Wildman–Crippen MR) is 111 cm³/mol. The fourth-order valence-corrected chi connectivity index (χ4v) is 3.71. The molecular weight excluding hydrogens is 366 g/mol. The fraction of sp³-hybridized carbons (Fsp3) is 0.292. The van der Waals surface area contributed by atoms with E-state index in [0.717, 1.165) is 53.5 Å². The van der Waals surface area contributed by atoms with Gasteiger partial charge in [0.1, 0.15) is 23.9 Å². The van der Waals surface area contributed by atoms with Gasteiger partial charge in [-0.1, -0.05) is 30.3 Å². The van der Waals surface area contributed by atoms with E-state index in [0.29, 0.717) is 6.61 Å². The maximum absolute atomic E-state index is 11.0. The van der Waals surface area contributed by atoms with Crippen LogP contribution in [0.15, 0.2) is 65.1 Å². The molecule has 1 atom stereocenters. The van der Waals surface area contributed by atoms with E-state index in [1.165, 1.54) is 0 Å². The number of hydrogen-bond donors (Lipinski definition) is 1. The van der Waals surface area contributed by atoms with Crippen molar-refractivity contribution in [2.45, 2.75) is 39.0 Å². The Kier molecular flexibility index (Phi) is 5.67. The maximum atomic E-state index is 11.0. The van der Waals surface area contributed by atoms with E-state index < -0.39 is 5.97 Å². The number of carboxylic acid groups (broad SMARTS) is 1. The minimum Gasteiger partial charge on any atom is -0.489 e. The third kappa shape index (κ3) is 4.69. The molecular formula is C24H25NO4. The summed E-state index contributed by atoms with van der Waals surface area (Å²) in [5.74, 6) is 1.91. The molecule has 2 aromatic carbocycles. The molecule has 0 saturated heterocycles. The van der Waals surface area contributed by atoms with Crippen molar-refractivity contribution in [1.82, 2.24) is 4.90 Å². The molecule has 0 amide bonds. The number of carboxylic acids is 1. The summed E-state index contributed by atoms with van der Waals surface area (Å²) in [7, 11) is 0. The second-order valence-corrected chi connectivity index (χ2v) is 7.53. The molecule has 0 fully saturated rings. The highest BCUT2D eigenvalue weighted by Gasteiger charge is 2.25. The van der Waals surface area contributed by atoms with Crippen LogP contribution in [0.1, 0.15) is 30.2 Å². The molecule has 0 spiro atoms. The molecule has 1 N–H and O–H groups in total. The van der Waals surface area contributed by atoms with Crippen molar-refractivity contribution in [1.29, 1.82) is 0 Å². The van der Waals surface area contributed by atoms with E-state index >= 15 is 0 Å². The molecule has 2 heterocycles. The summed E-state index contributed by atoms with van der Waals surface area (Å²) in [5, 5.41) is 9.03. The average Bonchev–Trinajstić information content (AvgIpc) is 3.16. The molecule has 1 aliphatic heterocycles. The molecule has 4 rings (SSSR count). The van der Waals surface area contributed by atoms with E-state index in [2.05, 4.69) is 11.0 Å². The Morgan fingerprint density at radius 1 is 1.17 bits per heavy atom. The van der Waals surface area contributed by atoms with Crippen LogP contribution >= 0.6 is 0 Å². The number of aliphatic carboxylic acids is 1. The van der Waals surface area contributed by atoms with Crippen molar-refractivity contribution >= 4 is 5.97 Å². The first-order valence-electron chi connectivity index (χ1n) is 9.93. The zero-order chi connectivity index (χ0) is 20.2. The second-order valence-electron chi connectivity index (χ2n) is 7.53. The Labute approximate surface area is 170 Å². The monoisotopic (exact) mass is 391 g/mol. The molecule has 0 aliphatic carbocycles. The van der Waals surface area contributed by atoms with Gasteiger partial charge in [-0.25, -0.2) is 0 Å². The van der Waals surface area contributed by atoms with Crippen molar-refractivity contribution < 1.29 is 19.1 Å². The van der Waals surface area contributed by atoms with Crippen LogP contribution in [-0.4, -0.2) is 28.6 Å². The van der Waals surface area contributed by atoms with Gasteiger partial charge in [-0.05, 0) is 42.8 Å². The first-order valence-corrected chi connectivity index (χ1v) is 9.93. The summed E-state index contributed by atoms with van der Waals surface area (Å²) >= 11 is 0. The highest BCUT2D eigenvalue weighted by atomic mass is 16.5. The molecule has 5 nitrogen and oxygen atoms in total. The molecule has 1 aliphatic rings. The number of rotatable bonds is 7. The molecule has 0 radical (unpaired) electrons. The topological polar surface area (TPSA) is 62.9 Å². The van der Waals surface area contributed by atoms with Gasteiger partial charge in [-0.15, -0.1) is 0 Å². The van der Waals surface area contributed by atoms with Crippen molar-refractivity contribution in [3.8, 4) is 17.1 Å². The van der Waals surface area contributed by atoms with Gasteiger partial charge >= 0.3 is 5.97 Å². The van der Waals surface area contributed by atoms with Gasteiger partial charge in [-0.2, -0.15) is 0 Å². The van der Waals surface area contributed by atoms with Crippen LogP contribution in [0.25, 0.3) is 11.3 Å². The molecule has 0 saturated carbocycles. The number of benzene rings is 2. The average molecular weight is 391 g/mol. The Morgan fingerprint density at radius 2 is 1.93 bits per heavy atom. The van der Waals surface area contributed by atoms with E-state index in [1.54, 1.807) is 0 Å². The lowest BCUT2D eigenvalue weighted by Gasteiger charge is -2.30. The lowest BCUT2D eigenvalue weighted by Crippen LogP contribution is -2.38. The minimum atomic E-state index is -0.759. The summed E-state index contributed by atoms with van der Waals surface area (Å²) in [6, 6.07) is 20.1. The van der Waals surface area contributed by atoms with Crippen LogP contribution in [0.3, 0.4) is 0 Å². The zero-order valence-corrected chi connectivity index (χ0v) is 16.5. The van der Waals surface area contributed by atoms with E-state index in [4.69, 9.17) is 14.3 Å². The Hall–Kier alpha value is -3.05. The number of hydrogen-bond acceptors (Lipinski definition) is 4. The predicted octanol–water partition coefficient (Wildman–Crippen LogP) is 4.75. The van der Waals surface area contributed by atoms with Gasteiger partial charge < -0.3 is 14.3 Å². The van der Waals surface area contributed by atoms with Gasteiger partial charge in [0.2, 0.25) is 0 Å². The smallest absolute Gasteiger partial charge is 0.304 e. The Balaban J connectivity index is 1.41. The highest BCUT2D eigenvalue weighted by Crippen LogP contribution is 2.31. The van der Waals surface area contributed by atoms with Crippen molar-refractivity contribution in [3.05, 3.63) is 77.6 Å². The maximum Gasteiger partial charge on any atom is 0.304 e. The van der Waals surface area contributed by atoms with E-state index in [9.17, 15) is 4.79 Å². The van der Waals surface area contributed by atoms with Crippen molar-refractivity contribution in [2.24, 2.45) is 0 Å². The molecule has 150 valence electrons. The summed E-state index contributed by atoms with van der Waals surface area (Å²) in [6.07, 6.45) is 0.960. The number of fused-ring (bicyclic) bond motifs is 1. The highest BCUT2D eigenvalue weighted by molar-refractivity contribution is 5.67. The first kappa shape index (κ1) is 19.3. The van der Waals surface area contributed by atoms with Crippen LogP contribution in [-0.2, 0) is 24.4 Å². The third-order valence-electron chi connectivity index (χ3n) is 5.38. The summed E-state index contributed by atoms with van der Waals surface area (Å²) < 4.78 is 11.9. The van der Waals surface area contributed by atoms with Crippen LogP contribution in [0.2, 0.25) is 0 Å². The second kappa shape index (κ2) is 8.53. The van der Waals surface area contributed by atoms with Gasteiger partial charge in [0.15, 0.2) is 0 Å². The largest absolute Gasteiger partial charge is 0.489 e. The number of furan rings is 1. The van der Waals surface area contributed by atoms with Crippen LogP contribution in [0.5, 0.6) is 5.75 Å². The fourth-order valence-electron chi connectivity index (χ4n) is 3.71. The normalized spacial score (nSPS) is 14.9. The number of ether oxygens (including phenoxy) is 1. The van der Waals surface area contributed by atoms with Crippen molar-refractivity contribution in [2.75, 3.05) is 6.54 Å². The standard InChI is InChI=1S/C24H25NO4/c1-17(13-24(26)27)25-12-11-22-20(15-25)14-23(29-22)19-7-9-21(10-8-19)28-16-18-5-3-2-4-6-18/h2-10,14,17H,11-13,15-16H2,1H3,(H,26,27). The molecule has 29 heavy (non-hydrogen) atoms. The van der Waals surface area contributed by atoms with Gasteiger partial charge in [0.25, 0.3) is 0 Å². The molecule has 5 heteroatoms. The summed E-state index contributed by atoms with van der Waals surface area (Å²) in [5.41, 5.74) is 3.29.